The first-order chi connectivity index (χ1) is 15.5. The van der Waals surface area contributed by atoms with Crippen molar-refractivity contribution in [2.24, 2.45) is 0 Å². The van der Waals surface area contributed by atoms with Gasteiger partial charge in [-0.2, -0.15) is 10.1 Å². The van der Waals surface area contributed by atoms with Crippen LogP contribution in [0.2, 0.25) is 0 Å². The molecular formula is C24H21N5O2S. The van der Waals surface area contributed by atoms with Crippen LogP contribution in [0.4, 0.5) is 0 Å². The van der Waals surface area contributed by atoms with Gasteiger partial charge in [0.25, 0.3) is 5.56 Å². The van der Waals surface area contributed by atoms with Gasteiger partial charge in [0.15, 0.2) is 0 Å². The molecular weight excluding hydrogens is 422 g/mol. The fourth-order valence-corrected chi connectivity index (χ4v) is 3.92. The maximum Gasteiger partial charge on any atom is 0.277 e. The van der Waals surface area contributed by atoms with Gasteiger partial charge in [0.1, 0.15) is 12.1 Å². The van der Waals surface area contributed by atoms with Gasteiger partial charge in [-0.15, -0.1) is 11.8 Å². The predicted octanol–water partition coefficient (Wildman–Crippen LogP) is 4.60. The first-order valence-corrected chi connectivity index (χ1v) is 11.4. The van der Waals surface area contributed by atoms with Gasteiger partial charge in [-0.1, -0.05) is 17.3 Å². The molecule has 8 heteroatoms. The number of aromatic nitrogens is 5. The maximum atomic E-state index is 13.1. The lowest BCUT2D eigenvalue weighted by molar-refractivity contribution is 0.370. The normalized spacial score (nSPS) is 11.3. The highest BCUT2D eigenvalue weighted by Crippen LogP contribution is 2.22. The highest BCUT2D eigenvalue weighted by Gasteiger charge is 2.13. The molecule has 0 spiro atoms. The van der Waals surface area contributed by atoms with Gasteiger partial charge < -0.3 is 9.09 Å². The lowest BCUT2D eigenvalue weighted by Crippen LogP contribution is -2.21. The van der Waals surface area contributed by atoms with Crippen LogP contribution in [0.5, 0.6) is 0 Å². The fraction of sp³-hybridized carbons (Fsp3) is 0.167. The summed E-state index contributed by atoms with van der Waals surface area (Å²) < 4.78 is 8.55. The third-order valence-corrected chi connectivity index (χ3v) is 6.27. The Hall–Kier alpha value is -3.65. The van der Waals surface area contributed by atoms with E-state index in [0.29, 0.717) is 17.2 Å². The first kappa shape index (κ1) is 20.3. The van der Waals surface area contributed by atoms with E-state index in [1.807, 2.05) is 42.7 Å². The minimum atomic E-state index is -0.167. The molecule has 0 N–H and O–H groups in total. The predicted molar refractivity (Wildman–Crippen MR) is 125 cm³/mol. The molecule has 0 unspecified atom stereocenters. The van der Waals surface area contributed by atoms with Crippen molar-refractivity contribution in [1.29, 1.82) is 0 Å². The smallest absolute Gasteiger partial charge is 0.277 e. The average molecular weight is 444 g/mol. The molecule has 3 aromatic heterocycles. The molecule has 0 saturated carbocycles. The van der Waals surface area contributed by atoms with Crippen LogP contribution in [0, 0.1) is 13.8 Å². The Morgan fingerprint density at radius 1 is 0.969 bits per heavy atom. The Morgan fingerprint density at radius 3 is 2.50 bits per heavy atom. The molecule has 0 radical (unpaired) electrons. The topological polar surface area (TPSA) is 78.2 Å². The van der Waals surface area contributed by atoms with E-state index in [1.54, 1.807) is 33.2 Å². The van der Waals surface area contributed by atoms with Crippen molar-refractivity contribution >= 4 is 17.3 Å². The molecule has 5 aromatic rings. The molecule has 0 amide bonds. The van der Waals surface area contributed by atoms with Crippen LogP contribution in [0.3, 0.4) is 0 Å². The lowest BCUT2D eigenvalue weighted by Gasteiger charge is -2.02. The summed E-state index contributed by atoms with van der Waals surface area (Å²) in [6.45, 7) is 4.33. The molecule has 0 aliphatic carbocycles. The summed E-state index contributed by atoms with van der Waals surface area (Å²) in [5.74, 6) is 0.873. The summed E-state index contributed by atoms with van der Waals surface area (Å²) >= 11 is 1.67. The third-order valence-electron chi connectivity index (χ3n) is 5.53. The van der Waals surface area contributed by atoms with Crippen molar-refractivity contribution < 1.29 is 4.52 Å². The van der Waals surface area contributed by atoms with E-state index in [-0.39, 0.29) is 12.1 Å². The van der Waals surface area contributed by atoms with Crippen LogP contribution < -0.4 is 5.56 Å². The van der Waals surface area contributed by atoms with Crippen LogP contribution in [0.25, 0.3) is 28.2 Å². The van der Waals surface area contributed by atoms with Crippen LogP contribution in [0.1, 0.15) is 17.0 Å². The zero-order valence-corrected chi connectivity index (χ0v) is 18.8. The molecule has 5 rings (SSSR count). The second kappa shape index (κ2) is 8.12. The Kier molecular flexibility index (Phi) is 5.14. The van der Waals surface area contributed by atoms with Crippen molar-refractivity contribution in [2.75, 3.05) is 6.26 Å². The Balaban J connectivity index is 1.43. The number of hydrogen-bond donors (Lipinski definition) is 0. The standard InChI is InChI=1S/C24H21N5O2S/c1-15-4-5-18(12-16(15)2)20-13-21-24(30)28(10-11-29(21)26-20)14-22-25-23(27-31-22)17-6-8-19(32-3)9-7-17/h4-13H,14H2,1-3H3. The minimum Gasteiger partial charge on any atom is -0.337 e. The highest BCUT2D eigenvalue weighted by atomic mass is 32.2. The second-order valence-electron chi connectivity index (χ2n) is 7.63. The molecule has 3 heterocycles. The van der Waals surface area contributed by atoms with Crippen molar-refractivity contribution in [3.63, 3.8) is 0 Å². The van der Waals surface area contributed by atoms with E-state index in [1.165, 1.54) is 16.0 Å². The molecule has 32 heavy (non-hydrogen) atoms. The molecule has 2 aromatic carbocycles. The van der Waals surface area contributed by atoms with Gasteiger partial charge in [-0.05, 0) is 67.6 Å². The van der Waals surface area contributed by atoms with Crippen molar-refractivity contribution in [3.8, 4) is 22.6 Å². The molecule has 7 nitrogen and oxygen atoms in total. The quantitative estimate of drug-likeness (QED) is 0.370. The van der Waals surface area contributed by atoms with Crippen LogP contribution in [-0.4, -0.2) is 30.6 Å². The van der Waals surface area contributed by atoms with E-state index in [2.05, 4.69) is 41.2 Å². The number of aryl methyl sites for hydroxylation is 2. The maximum absolute atomic E-state index is 13.1. The highest BCUT2D eigenvalue weighted by molar-refractivity contribution is 7.98. The first-order valence-electron chi connectivity index (χ1n) is 10.2. The zero-order valence-electron chi connectivity index (χ0n) is 17.9. The third kappa shape index (κ3) is 3.73. The summed E-state index contributed by atoms with van der Waals surface area (Å²) in [4.78, 5) is 18.7. The minimum absolute atomic E-state index is 0.167. The summed E-state index contributed by atoms with van der Waals surface area (Å²) in [6.07, 6.45) is 5.48. The van der Waals surface area contributed by atoms with Crippen molar-refractivity contribution in [2.45, 2.75) is 25.3 Å². The molecule has 0 atom stereocenters. The lowest BCUT2D eigenvalue weighted by atomic mass is 10.0. The van der Waals surface area contributed by atoms with Gasteiger partial charge in [0, 0.05) is 28.4 Å². The second-order valence-corrected chi connectivity index (χ2v) is 8.51. The Bertz CT molecular complexity index is 1480. The van der Waals surface area contributed by atoms with E-state index in [9.17, 15) is 4.79 Å². The van der Waals surface area contributed by atoms with E-state index in [0.717, 1.165) is 16.8 Å². The molecule has 0 aliphatic rings. The number of benzene rings is 2. The Labute approximate surface area is 188 Å². The van der Waals surface area contributed by atoms with Gasteiger partial charge in [0.05, 0.1) is 5.69 Å². The SMILES string of the molecule is CSc1ccc(-c2noc(Cn3ccn4nc(-c5ccc(C)c(C)c5)cc4c3=O)n2)cc1. The summed E-state index contributed by atoms with van der Waals surface area (Å²) in [5.41, 5.74) is 5.35. The number of thioether (sulfide) groups is 1. The largest absolute Gasteiger partial charge is 0.337 e. The summed E-state index contributed by atoms with van der Waals surface area (Å²) in [7, 11) is 0. The van der Waals surface area contributed by atoms with Crippen LogP contribution >= 0.6 is 11.8 Å². The molecule has 0 bridgehead atoms. The molecule has 0 aliphatic heterocycles. The average Bonchev–Trinajstić information content (AvgIpc) is 3.45. The Morgan fingerprint density at radius 2 is 1.75 bits per heavy atom. The number of fused-ring (bicyclic) bond motifs is 1. The van der Waals surface area contributed by atoms with Gasteiger partial charge in [-0.3, -0.25) is 4.79 Å². The van der Waals surface area contributed by atoms with E-state index in [4.69, 9.17) is 4.52 Å². The molecule has 0 fully saturated rings. The van der Waals surface area contributed by atoms with Gasteiger partial charge in [0.2, 0.25) is 11.7 Å². The van der Waals surface area contributed by atoms with Crippen molar-refractivity contribution in [1.82, 2.24) is 24.3 Å². The monoisotopic (exact) mass is 443 g/mol. The molecule has 160 valence electrons. The van der Waals surface area contributed by atoms with Crippen LogP contribution in [-0.2, 0) is 6.54 Å². The van der Waals surface area contributed by atoms with Crippen molar-refractivity contribution in [3.05, 3.63) is 88.3 Å². The number of hydrogen-bond acceptors (Lipinski definition) is 6. The van der Waals surface area contributed by atoms with Gasteiger partial charge in [-0.25, -0.2) is 4.52 Å². The summed E-state index contributed by atoms with van der Waals surface area (Å²) in [5, 5.41) is 8.63. The zero-order chi connectivity index (χ0) is 22.2. The van der Waals surface area contributed by atoms with E-state index >= 15 is 0 Å². The van der Waals surface area contributed by atoms with Crippen LogP contribution in [0.15, 0.2) is 75.1 Å². The fourth-order valence-electron chi connectivity index (χ4n) is 3.51. The molecule has 0 saturated heterocycles. The number of nitrogens with zero attached hydrogens (tertiary/aromatic N) is 5. The summed E-state index contributed by atoms with van der Waals surface area (Å²) in [6, 6.07) is 15.9. The number of rotatable bonds is 5. The van der Waals surface area contributed by atoms with E-state index < -0.39 is 0 Å². The van der Waals surface area contributed by atoms with Gasteiger partial charge >= 0.3 is 0 Å².